The van der Waals surface area contributed by atoms with Crippen molar-refractivity contribution < 1.29 is 9.59 Å². The van der Waals surface area contributed by atoms with Crippen LogP contribution in [0, 0.1) is 5.92 Å². The van der Waals surface area contributed by atoms with Crippen LogP contribution in [-0.4, -0.2) is 42.4 Å². The molecular weight excluding hydrogens is 218 g/mol. The average Bonchev–Trinajstić information content (AvgIpc) is 3.09. The molecule has 98 valence electrons. The maximum absolute atomic E-state index is 12.0. The average molecular weight is 241 g/mol. The molecule has 0 aromatic rings. The molecule has 17 heavy (non-hydrogen) atoms. The monoisotopic (exact) mass is 241 g/mol. The zero-order valence-corrected chi connectivity index (χ0v) is 10.7. The second-order valence-electron chi connectivity index (χ2n) is 4.59. The summed E-state index contributed by atoms with van der Waals surface area (Å²) in [7, 11) is 0. The van der Waals surface area contributed by atoms with Gasteiger partial charge in [0, 0.05) is 13.1 Å². The molecule has 1 saturated carbocycles. The summed E-state index contributed by atoms with van der Waals surface area (Å²) in [6, 6.07) is -0.447. The number of carbonyl (C=O) groups is 2. The van der Waals surface area contributed by atoms with Gasteiger partial charge in [-0.1, -0.05) is 12.8 Å². The second kappa shape index (κ2) is 6.59. The van der Waals surface area contributed by atoms with E-state index in [0.29, 0.717) is 19.0 Å². The largest absolute Gasteiger partial charge is 0.355 e. The van der Waals surface area contributed by atoms with Crippen molar-refractivity contribution in [2.24, 2.45) is 11.7 Å². The van der Waals surface area contributed by atoms with Crippen molar-refractivity contribution >= 4 is 11.8 Å². The third kappa shape index (κ3) is 4.73. The lowest BCUT2D eigenvalue weighted by Crippen LogP contribution is -2.47. The summed E-state index contributed by atoms with van der Waals surface area (Å²) in [5.41, 5.74) is 5.86. The first kappa shape index (κ1) is 14.0. The molecule has 3 N–H and O–H groups in total. The lowest BCUT2D eigenvalue weighted by Gasteiger charge is -2.23. The Hall–Kier alpha value is -1.10. The van der Waals surface area contributed by atoms with Gasteiger partial charge in [-0.15, -0.1) is 0 Å². The van der Waals surface area contributed by atoms with Gasteiger partial charge >= 0.3 is 0 Å². The molecule has 0 aromatic heterocycles. The Kier molecular flexibility index (Phi) is 5.41. The Balaban J connectivity index is 2.41. The molecule has 1 rings (SSSR count). The highest BCUT2D eigenvalue weighted by molar-refractivity contribution is 5.87. The third-order valence-corrected chi connectivity index (χ3v) is 3.00. The molecule has 5 heteroatoms. The highest BCUT2D eigenvalue weighted by atomic mass is 16.2. The van der Waals surface area contributed by atoms with Crippen molar-refractivity contribution in [1.82, 2.24) is 10.2 Å². The van der Waals surface area contributed by atoms with Crippen molar-refractivity contribution in [2.45, 2.75) is 39.2 Å². The zero-order chi connectivity index (χ0) is 12.8. The molecule has 2 amide bonds. The highest BCUT2D eigenvalue weighted by Gasteiger charge is 2.29. The molecule has 0 heterocycles. The minimum absolute atomic E-state index is 0.106. The molecule has 1 fully saturated rings. The van der Waals surface area contributed by atoms with E-state index in [9.17, 15) is 9.59 Å². The Bertz CT molecular complexity index is 277. The van der Waals surface area contributed by atoms with Crippen LogP contribution in [0.25, 0.3) is 0 Å². The first-order valence-corrected chi connectivity index (χ1v) is 6.39. The lowest BCUT2D eigenvalue weighted by atomic mass is 10.1. The van der Waals surface area contributed by atoms with E-state index in [1.54, 1.807) is 0 Å². The predicted octanol–water partition coefficient (Wildman–Crippen LogP) is 0.0984. The predicted molar refractivity (Wildman–Crippen MR) is 66.3 cm³/mol. The maximum atomic E-state index is 12.0. The second-order valence-corrected chi connectivity index (χ2v) is 4.59. The number of hydrogen-bond donors (Lipinski definition) is 2. The van der Waals surface area contributed by atoms with Crippen LogP contribution in [0.4, 0.5) is 0 Å². The van der Waals surface area contributed by atoms with Gasteiger partial charge in [0.2, 0.25) is 11.8 Å². The highest BCUT2D eigenvalue weighted by Crippen LogP contribution is 2.33. The first-order valence-electron chi connectivity index (χ1n) is 6.39. The summed E-state index contributed by atoms with van der Waals surface area (Å²) in [6.07, 6.45) is 3.12. The van der Waals surface area contributed by atoms with E-state index in [2.05, 4.69) is 5.32 Å². The molecule has 0 aromatic carbocycles. The fourth-order valence-corrected chi connectivity index (χ4v) is 1.82. The van der Waals surface area contributed by atoms with Crippen molar-refractivity contribution in [3.63, 3.8) is 0 Å². The Labute approximate surface area is 103 Å². The third-order valence-electron chi connectivity index (χ3n) is 3.00. The zero-order valence-electron chi connectivity index (χ0n) is 10.7. The van der Waals surface area contributed by atoms with Gasteiger partial charge in [-0.05, 0) is 26.2 Å². The smallest absolute Gasteiger partial charge is 0.239 e. The molecular formula is C12H23N3O2. The number of carbonyl (C=O) groups excluding carboxylic acids is 2. The maximum Gasteiger partial charge on any atom is 0.239 e. The number of hydrogen-bond acceptors (Lipinski definition) is 3. The van der Waals surface area contributed by atoms with Crippen molar-refractivity contribution in [3.8, 4) is 0 Å². The number of nitrogens with one attached hydrogen (secondary N) is 1. The van der Waals surface area contributed by atoms with E-state index < -0.39 is 6.04 Å². The van der Waals surface area contributed by atoms with Crippen LogP contribution >= 0.6 is 0 Å². The molecule has 5 nitrogen and oxygen atoms in total. The van der Waals surface area contributed by atoms with Gasteiger partial charge in [-0.2, -0.15) is 0 Å². The van der Waals surface area contributed by atoms with E-state index in [4.69, 9.17) is 5.73 Å². The Morgan fingerprint density at radius 2 is 2.06 bits per heavy atom. The quantitative estimate of drug-likeness (QED) is 0.663. The Morgan fingerprint density at radius 3 is 2.53 bits per heavy atom. The topological polar surface area (TPSA) is 75.4 Å². The number of nitrogens with two attached hydrogens (primary N) is 1. The van der Waals surface area contributed by atoms with Crippen molar-refractivity contribution in [3.05, 3.63) is 0 Å². The van der Waals surface area contributed by atoms with E-state index in [-0.39, 0.29) is 18.4 Å². The minimum Gasteiger partial charge on any atom is -0.355 e. The number of nitrogens with zero attached hydrogens (tertiary/aromatic N) is 1. The van der Waals surface area contributed by atoms with Gasteiger partial charge < -0.3 is 16.0 Å². The fraction of sp³-hybridized carbons (Fsp3) is 0.833. The number of amides is 2. The van der Waals surface area contributed by atoms with Crippen LogP contribution in [0.3, 0.4) is 0 Å². The van der Waals surface area contributed by atoms with Gasteiger partial charge in [0.25, 0.3) is 0 Å². The van der Waals surface area contributed by atoms with Gasteiger partial charge in [-0.25, -0.2) is 0 Å². The molecule has 0 aliphatic heterocycles. The summed E-state index contributed by atoms with van der Waals surface area (Å²) in [4.78, 5) is 25.0. The molecule has 0 bridgehead atoms. The van der Waals surface area contributed by atoms with Gasteiger partial charge in [0.1, 0.15) is 0 Å². The lowest BCUT2D eigenvalue weighted by molar-refractivity contribution is -0.137. The number of rotatable bonds is 7. The van der Waals surface area contributed by atoms with Crippen LogP contribution in [0.5, 0.6) is 0 Å². The number of likely N-dealkylation sites (N-methyl/N-ethyl adjacent to an activating group) is 2. The van der Waals surface area contributed by atoms with E-state index >= 15 is 0 Å². The normalized spacial score (nSPS) is 16.4. The molecule has 0 saturated heterocycles. The molecule has 1 aliphatic carbocycles. The van der Waals surface area contributed by atoms with E-state index in [1.165, 1.54) is 17.7 Å². The van der Waals surface area contributed by atoms with Gasteiger partial charge in [0.15, 0.2) is 0 Å². The summed E-state index contributed by atoms with van der Waals surface area (Å²) < 4.78 is 0. The van der Waals surface area contributed by atoms with Crippen LogP contribution < -0.4 is 11.1 Å². The summed E-state index contributed by atoms with van der Waals surface area (Å²) in [5.74, 6) is 0.393. The van der Waals surface area contributed by atoms with Crippen LogP contribution in [0.15, 0.2) is 0 Å². The molecule has 1 unspecified atom stereocenters. The van der Waals surface area contributed by atoms with Crippen LogP contribution in [-0.2, 0) is 9.59 Å². The van der Waals surface area contributed by atoms with Crippen molar-refractivity contribution in [1.29, 1.82) is 0 Å². The molecule has 1 aliphatic rings. The SMILES string of the molecule is CCNC(=O)CN(CC)C(=O)C(N)CC1CC1. The van der Waals surface area contributed by atoms with Crippen molar-refractivity contribution in [2.75, 3.05) is 19.6 Å². The molecule has 1 atom stereocenters. The fourth-order valence-electron chi connectivity index (χ4n) is 1.82. The van der Waals surface area contributed by atoms with E-state index in [0.717, 1.165) is 6.42 Å². The molecule has 0 radical (unpaired) electrons. The standard InChI is InChI=1S/C12H23N3O2/c1-3-14-11(16)8-15(4-2)12(17)10(13)7-9-5-6-9/h9-10H,3-8,13H2,1-2H3,(H,14,16). The summed E-state index contributed by atoms with van der Waals surface area (Å²) >= 11 is 0. The summed E-state index contributed by atoms with van der Waals surface area (Å²) in [6.45, 7) is 4.93. The van der Waals surface area contributed by atoms with Gasteiger partial charge in [-0.3, -0.25) is 9.59 Å². The first-order chi connectivity index (χ1) is 8.08. The minimum atomic E-state index is -0.447. The van der Waals surface area contributed by atoms with E-state index in [1.807, 2.05) is 13.8 Å². The Morgan fingerprint density at radius 1 is 1.41 bits per heavy atom. The van der Waals surface area contributed by atoms with Gasteiger partial charge in [0.05, 0.1) is 12.6 Å². The molecule has 0 spiro atoms. The van der Waals surface area contributed by atoms with Crippen LogP contribution in [0.1, 0.15) is 33.1 Å². The summed E-state index contributed by atoms with van der Waals surface area (Å²) in [5, 5.41) is 2.68. The van der Waals surface area contributed by atoms with Crippen LogP contribution in [0.2, 0.25) is 0 Å².